The van der Waals surface area contributed by atoms with Gasteiger partial charge >= 0.3 is 0 Å². The molecule has 4 rings (SSSR count). The van der Waals surface area contributed by atoms with Crippen molar-refractivity contribution in [3.05, 3.63) is 102 Å². The molecule has 1 aliphatic carbocycles. The topological polar surface area (TPSA) is 18.5 Å². The minimum Gasteiger partial charge on any atom is -0.497 e. The van der Waals surface area contributed by atoms with Gasteiger partial charge in [0.15, 0.2) is 0 Å². The third kappa shape index (κ3) is 3.52. The van der Waals surface area contributed by atoms with Crippen LogP contribution in [0.25, 0.3) is 16.7 Å². The highest BCUT2D eigenvalue weighted by molar-refractivity contribution is 6.06. The highest BCUT2D eigenvalue weighted by atomic mass is 16.5. The Balaban J connectivity index is 1.78. The standard InChI is InChI=1S/C25H22O2/c1-26-22-12-8-19(9-13-22)24-16-21(18-6-4-3-5-7-18)17-25(24)20-10-14-23(27-2)15-11-20/h3-16H,17H2,1-2H3. The fourth-order valence-electron chi connectivity index (χ4n) is 3.51. The monoisotopic (exact) mass is 354 g/mol. The van der Waals surface area contributed by atoms with E-state index in [1.54, 1.807) is 14.2 Å². The van der Waals surface area contributed by atoms with Gasteiger partial charge < -0.3 is 9.47 Å². The SMILES string of the molecule is COc1ccc(C2=C(c3ccc(OC)cc3)CC(c3ccccc3)=C2)cc1. The van der Waals surface area contributed by atoms with E-state index >= 15 is 0 Å². The number of rotatable bonds is 5. The zero-order valence-corrected chi connectivity index (χ0v) is 15.6. The Labute approximate surface area is 160 Å². The molecule has 0 heterocycles. The molecule has 27 heavy (non-hydrogen) atoms. The zero-order valence-electron chi connectivity index (χ0n) is 15.6. The van der Waals surface area contributed by atoms with Crippen LogP contribution in [-0.4, -0.2) is 14.2 Å². The van der Waals surface area contributed by atoms with Crippen molar-refractivity contribution in [3.63, 3.8) is 0 Å². The summed E-state index contributed by atoms with van der Waals surface area (Å²) in [4.78, 5) is 0. The van der Waals surface area contributed by atoms with Crippen LogP contribution >= 0.6 is 0 Å². The molecule has 0 saturated heterocycles. The molecule has 0 saturated carbocycles. The normalized spacial score (nSPS) is 13.5. The van der Waals surface area contributed by atoms with Crippen LogP contribution < -0.4 is 9.47 Å². The van der Waals surface area contributed by atoms with Crippen molar-refractivity contribution in [1.29, 1.82) is 0 Å². The number of allylic oxidation sites excluding steroid dienone is 4. The maximum atomic E-state index is 5.32. The highest BCUT2D eigenvalue weighted by Crippen LogP contribution is 2.42. The van der Waals surface area contributed by atoms with Crippen molar-refractivity contribution in [2.24, 2.45) is 0 Å². The van der Waals surface area contributed by atoms with Crippen LogP contribution in [-0.2, 0) is 0 Å². The molecule has 134 valence electrons. The summed E-state index contributed by atoms with van der Waals surface area (Å²) in [6, 6.07) is 27.2. The summed E-state index contributed by atoms with van der Waals surface area (Å²) < 4.78 is 10.6. The molecule has 0 unspecified atom stereocenters. The predicted molar refractivity (Wildman–Crippen MR) is 112 cm³/mol. The molecule has 0 fully saturated rings. The molecule has 3 aromatic rings. The maximum Gasteiger partial charge on any atom is 0.118 e. The lowest BCUT2D eigenvalue weighted by Crippen LogP contribution is -1.89. The van der Waals surface area contributed by atoms with Gasteiger partial charge in [-0.3, -0.25) is 0 Å². The fraction of sp³-hybridized carbons (Fsp3) is 0.120. The van der Waals surface area contributed by atoms with Crippen LogP contribution in [0.1, 0.15) is 23.1 Å². The van der Waals surface area contributed by atoms with E-state index in [0.717, 1.165) is 17.9 Å². The molecule has 0 spiro atoms. The van der Waals surface area contributed by atoms with Gasteiger partial charge in [0.1, 0.15) is 11.5 Å². The van der Waals surface area contributed by atoms with Crippen molar-refractivity contribution >= 4 is 16.7 Å². The Bertz CT molecular complexity index is 979. The molecule has 0 N–H and O–H groups in total. The van der Waals surface area contributed by atoms with E-state index in [1.807, 2.05) is 24.3 Å². The first-order valence-corrected chi connectivity index (χ1v) is 9.06. The predicted octanol–water partition coefficient (Wildman–Crippen LogP) is 6.10. The van der Waals surface area contributed by atoms with Crippen molar-refractivity contribution in [2.45, 2.75) is 6.42 Å². The van der Waals surface area contributed by atoms with Gasteiger partial charge in [0, 0.05) is 0 Å². The molecule has 0 aromatic heterocycles. The van der Waals surface area contributed by atoms with Gasteiger partial charge in [0.05, 0.1) is 14.2 Å². The van der Waals surface area contributed by atoms with Gasteiger partial charge in [0.25, 0.3) is 0 Å². The second kappa shape index (κ2) is 7.55. The molecule has 0 radical (unpaired) electrons. The Morgan fingerprint density at radius 3 is 1.70 bits per heavy atom. The maximum absolute atomic E-state index is 5.32. The minimum atomic E-state index is 0.871. The van der Waals surface area contributed by atoms with Gasteiger partial charge in [-0.15, -0.1) is 0 Å². The third-order valence-corrected chi connectivity index (χ3v) is 4.99. The molecular formula is C25H22O2. The summed E-state index contributed by atoms with van der Waals surface area (Å²) in [7, 11) is 3.39. The summed E-state index contributed by atoms with van der Waals surface area (Å²) in [6.07, 6.45) is 3.23. The van der Waals surface area contributed by atoms with Crippen molar-refractivity contribution in [1.82, 2.24) is 0 Å². The average Bonchev–Trinajstić information content (AvgIpc) is 3.20. The van der Waals surface area contributed by atoms with Crippen LogP contribution in [0.15, 0.2) is 84.9 Å². The van der Waals surface area contributed by atoms with E-state index in [2.05, 4.69) is 60.7 Å². The number of benzene rings is 3. The van der Waals surface area contributed by atoms with E-state index < -0.39 is 0 Å². The minimum absolute atomic E-state index is 0.871. The summed E-state index contributed by atoms with van der Waals surface area (Å²) in [5.41, 5.74) is 7.64. The molecule has 2 heteroatoms. The summed E-state index contributed by atoms with van der Waals surface area (Å²) in [6.45, 7) is 0. The van der Waals surface area contributed by atoms with Crippen LogP contribution in [0.3, 0.4) is 0 Å². The Kier molecular flexibility index (Phi) is 4.80. The third-order valence-electron chi connectivity index (χ3n) is 4.99. The molecule has 0 atom stereocenters. The molecule has 3 aromatic carbocycles. The fourth-order valence-corrected chi connectivity index (χ4v) is 3.51. The van der Waals surface area contributed by atoms with Crippen LogP contribution in [0.4, 0.5) is 0 Å². The van der Waals surface area contributed by atoms with Gasteiger partial charge in [-0.05, 0) is 70.2 Å². The van der Waals surface area contributed by atoms with E-state index in [1.165, 1.54) is 33.4 Å². The summed E-state index contributed by atoms with van der Waals surface area (Å²) in [5, 5.41) is 0. The lowest BCUT2D eigenvalue weighted by Gasteiger charge is -2.10. The first-order valence-electron chi connectivity index (χ1n) is 9.06. The van der Waals surface area contributed by atoms with E-state index in [9.17, 15) is 0 Å². The average molecular weight is 354 g/mol. The van der Waals surface area contributed by atoms with Crippen molar-refractivity contribution in [3.8, 4) is 11.5 Å². The smallest absolute Gasteiger partial charge is 0.118 e. The van der Waals surface area contributed by atoms with Crippen molar-refractivity contribution < 1.29 is 9.47 Å². The quantitative estimate of drug-likeness (QED) is 0.551. The lowest BCUT2D eigenvalue weighted by atomic mass is 9.95. The van der Waals surface area contributed by atoms with Gasteiger partial charge in [-0.25, -0.2) is 0 Å². The van der Waals surface area contributed by atoms with E-state index in [-0.39, 0.29) is 0 Å². The molecule has 0 amide bonds. The molecule has 0 aliphatic heterocycles. The lowest BCUT2D eigenvalue weighted by molar-refractivity contribution is 0.414. The Morgan fingerprint density at radius 1 is 0.593 bits per heavy atom. The molecule has 1 aliphatic rings. The van der Waals surface area contributed by atoms with Gasteiger partial charge in [0.2, 0.25) is 0 Å². The van der Waals surface area contributed by atoms with Crippen LogP contribution in [0.5, 0.6) is 11.5 Å². The number of hydrogen-bond donors (Lipinski definition) is 0. The second-order valence-corrected chi connectivity index (χ2v) is 6.56. The van der Waals surface area contributed by atoms with Crippen molar-refractivity contribution in [2.75, 3.05) is 14.2 Å². The number of methoxy groups -OCH3 is 2. The van der Waals surface area contributed by atoms with Gasteiger partial charge in [-0.2, -0.15) is 0 Å². The first kappa shape index (κ1) is 17.2. The largest absolute Gasteiger partial charge is 0.497 e. The Morgan fingerprint density at radius 2 is 1.15 bits per heavy atom. The molecule has 2 nitrogen and oxygen atoms in total. The number of ether oxygens (including phenoxy) is 2. The summed E-state index contributed by atoms with van der Waals surface area (Å²) in [5.74, 6) is 1.75. The zero-order chi connectivity index (χ0) is 18.6. The van der Waals surface area contributed by atoms with Crippen LogP contribution in [0, 0.1) is 0 Å². The first-order chi connectivity index (χ1) is 13.3. The van der Waals surface area contributed by atoms with E-state index in [4.69, 9.17) is 9.47 Å². The highest BCUT2D eigenvalue weighted by Gasteiger charge is 2.20. The molecular weight excluding hydrogens is 332 g/mol. The molecule has 0 bridgehead atoms. The number of hydrogen-bond acceptors (Lipinski definition) is 2. The second-order valence-electron chi connectivity index (χ2n) is 6.56. The summed E-state index contributed by atoms with van der Waals surface area (Å²) >= 11 is 0. The Hall–Kier alpha value is -3.26. The van der Waals surface area contributed by atoms with Gasteiger partial charge in [-0.1, -0.05) is 54.6 Å². The van der Waals surface area contributed by atoms with Crippen LogP contribution in [0.2, 0.25) is 0 Å². The van der Waals surface area contributed by atoms with E-state index in [0.29, 0.717) is 0 Å².